The Morgan fingerprint density at radius 3 is 2.61 bits per heavy atom. The predicted molar refractivity (Wildman–Crippen MR) is 125 cm³/mol. The Morgan fingerprint density at radius 2 is 1.85 bits per heavy atom. The van der Waals surface area contributed by atoms with Crippen molar-refractivity contribution in [2.45, 2.75) is 31.1 Å². The van der Waals surface area contributed by atoms with Gasteiger partial charge in [0, 0.05) is 36.4 Å². The molecular formula is C26H25N5O2. The largest absolute Gasteiger partial charge is 0.382 e. The van der Waals surface area contributed by atoms with Crippen molar-refractivity contribution < 1.29 is 9.53 Å². The van der Waals surface area contributed by atoms with Gasteiger partial charge in [0.15, 0.2) is 0 Å². The van der Waals surface area contributed by atoms with Crippen LogP contribution in [0.4, 0.5) is 5.82 Å². The number of carbonyl (C=O) groups is 1. The van der Waals surface area contributed by atoms with Crippen molar-refractivity contribution in [3.8, 4) is 28.6 Å². The topological polar surface area (TPSA) is 114 Å². The van der Waals surface area contributed by atoms with Crippen LogP contribution in [-0.2, 0) is 16.6 Å². The van der Waals surface area contributed by atoms with Crippen molar-refractivity contribution >= 4 is 11.7 Å². The monoisotopic (exact) mass is 439 g/mol. The number of nitrogen functional groups attached to an aromatic ring is 1. The van der Waals surface area contributed by atoms with E-state index in [9.17, 15) is 10.1 Å². The molecule has 2 aliphatic rings. The fourth-order valence-electron chi connectivity index (χ4n) is 4.64. The van der Waals surface area contributed by atoms with Gasteiger partial charge in [0.2, 0.25) is 0 Å². The van der Waals surface area contributed by atoms with Gasteiger partial charge >= 0.3 is 0 Å². The Morgan fingerprint density at radius 1 is 1.09 bits per heavy atom. The average Bonchev–Trinajstić information content (AvgIpc) is 3.05. The predicted octanol–water partition coefficient (Wildman–Crippen LogP) is 3.64. The lowest BCUT2D eigenvalue weighted by atomic mass is 9.75. The molecule has 2 aromatic carbocycles. The van der Waals surface area contributed by atoms with Gasteiger partial charge in [0.25, 0.3) is 5.91 Å². The maximum atomic E-state index is 12.3. The Kier molecular flexibility index (Phi) is 5.53. The van der Waals surface area contributed by atoms with Crippen molar-refractivity contribution in [2.24, 2.45) is 0 Å². The van der Waals surface area contributed by atoms with Crippen LogP contribution in [0.15, 0.2) is 48.7 Å². The summed E-state index contributed by atoms with van der Waals surface area (Å²) in [6, 6.07) is 16.2. The van der Waals surface area contributed by atoms with Crippen LogP contribution in [-0.4, -0.2) is 35.6 Å². The summed E-state index contributed by atoms with van der Waals surface area (Å²) in [5.74, 6) is 0.306. The highest BCUT2D eigenvalue weighted by atomic mass is 16.5. The standard InChI is InChI=1S/C26H25N5O2/c27-16-26(9-12-33-13-10-26)20-6-3-17(4-7-20)22-15-30-24(28)23(31-22)19-5-8-21-18(14-19)2-1-11-29-25(21)32/h3-8,14-15H,1-2,9-13H2,(H2,28,30)(H,29,32). The van der Waals surface area contributed by atoms with Gasteiger partial charge < -0.3 is 15.8 Å². The third kappa shape index (κ3) is 3.94. The summed E-state index contributed by atoms with van der Waals surface area (Å²) >= 11 is 0. The molecule has 1 amide bonds. The number of aryl methyl sites for hydroxylation is 1. The minimum Gasteiger partial charge on any atom is -0.382 e. The zero-order chi connectivity index (χ0) is 22.8. The Hall–Kier alpha value is -3.76. The first-order valence-corrected chi connectivity index (χ1v) is 11.2. The summed E-state index contributed by atoms with van der Waals surface area (Å²) in [4.78, 5) is 21.5. The molecule has 33 heavy (non-hydrogen) atoms. The van der Waals surface area contributed by atoms with Gasteiger partial charge in [-0.15, -0.1) is 0 Å². The number of carbonyl (C=O) groups excluding carboxylic acids is 1. The second-order valence-electron chi connectivity index (χ2n) is 8.60. The number of anilines is 1. The summed E-state index contributed by atoms with van der Waals surface area (Å²) < 4.78 is 5.45. The quantitative estimate of drug-likeness (QED) is 0.644. The molecule has 5 rings (SSSR count). The normalized spacial score (nSPS) is 17.4. The number of amides is 1. The molecule has 3 N–H and O–H groups in total. The van der Waals surface area contributed by atoms with E-state index in [1.54, 1.807) is 6.20 Å². The second kappa shape index (κ2) is 8.64. The number of rotatable bonds is 3. The minimum absolute atomic E-state index is 0.0402. The molecule has 7 nitrogen and oxygen atoms in total. The maximum absolute atomic E-state index is 12.3. The average molecular weight is 440 g/mol. The second-order valence-corrected chi connectivity index (χ2v) is 8.60. The zero-order valence-electron chi connectivity index (χ0n) is 18.3. The molecule has 2 aliphatic heterocycles. The van der Waals surface area contributed by atoms with Crippen molar-refractivity contribution in [1.29, 1.82) is 5.26 Å². The van der Waals surface area contributed by atoms with Crippen LogP contribution >= 0.6 is 0 Å². The highest BCUT2D eigenvalue weighted by Crippen LogP contribution is 2.35. The fourth-order valence-corrected chi connectivity index (χ4v) is 4.64. The van der Waals surface area contributed by atoms with Crippen molar-refractivity contribution in [3.63, 3.8) is 0 Å². The first kappa shape index (κ1) is 21.1. The highest BCUT2D eigenvalue weighted by Gasteiger charge is 2.34. The summed E-state index contributed by atoms with van der Waals surface area (Å²) in [6.45, 7) is 1.88. The first-order valence-electron chi connectivity index (χ1n) is 11.2. The Labute approximate surface area is 192 Å². The number of nitrogens with one attached hydrogen (secondary N) is 1. The molecule has 0 unspecified atom stereocenters. The lowest BCUT2D eigenvalue weighted by molar-refractivity contribution is 0.0675. The number of nitrogens with two attached hydrogens (primary N) is 1. The van der Waals surface area contributed by atoms with E-state index in [1.807, 2.05) is 42.5 Å². The summed E-state index contributed by atoms with van der Waals surface area (Å²) in [6.07, 6.45) is 4.78. The Balaban J connectivity index is 1.48. The van der Waals surface area contributed by atoms with E-state index in [2.05, 4.69) is 16.4 Å². The van der Waals surface area contributed by atoms with Gasteiger partial charge in [-0.2, -0.15) is 5.26 Å². The lowest BCUT2D eigenvalue weighted by Gasteiger charge is -2.31. The summed E-state index contributed by atoms with van der Waals surface area (Å²) in [5.41, 5.74) is 11.5. The van der Waals surface area contributed by atoms with Crippen LogP contribution in [0.2, 0.25) is 0 Å². The van der Waals surface area contributed by atoms with E-state index in [0.717, 1.165) is 35.1 Å². The SMILES string of the molecule is N#CC1(c2ccc(-c3cnc(N)c(-c4ccc5c(c4)CCCNC5=O)n3)cc2)CCOCC1. The number of fused-ring (bicyclic) bond motifs is 1. The van der Waals surface area contributed by atoms with E-state index in [4.69, 9.17) is 15.5 Å². The molecule has 0 bridgehead atoms. The van der Waals surface area contributed by atoms with E-state index < -0.39 is 5.41 Å². The number of hydrogen-bond donors (Lipinski definition) is 2. The van der Waals surface area contributed by atoms with Crippen molar-refractivity contribution in [2.75, 3.05) is 25.5 Å². The molecule has 3 aromatic rings. The first-order chi connectivity index (χ1) is 16.1. The summed E-state index contributed by atoms with van der Waals surface area (Å²) in [7, 11) is 0. The molecule has 166 valence electrons. The number of ether oxygens (including phenoxy) is 1. The zero-order valence-corrected chi connectivity index (χ0v) is 18.3. The molecule has 1 fully saturated rings. The van der Waals surface area contributed by atoms with Crippen LogP contribution in [0.25, 0.3) is 22.5 Å². The number of aromatic nitrogens is 2. The van der Waals surface area contributed by atoms with Gasteiger partial charge in [-0.3, -0.25) is 4.79 Å². The third-order valence-corrected chi connectivity index (χ3v) is 6.63. The van der Waals surface area contributed by atoms with Crippen molar-refractivity contribution in [3.05, 3.63) is 65.4 Å². The molecule has 0 saturated carbocycles. The number of nitrogens with zero attached hydrogens (tertiary/aromatic N) is 3. The third-order valence-electron chi connectivity index (χ3n) is 6.63. The van der Waals surface area contributed by atoms with Gasteiger partial charge in [-0.05, 0) is 48.9 Å². The van der Waals surface area contributed by atoms with Crippen LogP contribution in [0, 0.1) is 11.3 Å². The maximum Gasteiger partial charge on any atom is 0.251 e. The van der Waals surface area contributed by atoms with Crippen LogP contribution in [0.3, 0.4) is 0 Å². The minimum atomic E-state index is -0.497. The van der Waals surface area contributed by atoms with Crippen molar-refractivity contribution in [1.82, 2.24) is 15.3 Å². The van der Waals surface area contributed by atoms with Gasteiger partial charge in [-0.1, -0.05) is 30.3 Å². The van der Waals surface area contributed by atoms with E-state index in [0.29, 0.717) is 55.4 Å². The van der Waals surface area contributed by atoms with Gasteiger partial charge in [0.1, 0.15) is 11.5 Å². The van der Waals surface area contributed by atoms with Crippen LogP contribution in [0.1, 0.15) is 40.7 Å². The Bertz CT molecular complexity index is 1240. The van der Waals surface area contributed by atoms with Crippen LogP contribution in [0.5, 0.6) is 0 Å². The molecule has 0 spiro atoms. The molecule has 1 aromatic heterocycles. The van der Waals surface area contributed by atoms with Gasteiger partial charge in [0.05, 0.1) is 23.4 Å². The molecule has 7 heteroatoms. The smallest absolute Gasteiger partial charge is 0.251 e. The van der Waals surface area contributed by atoms with E-state index in [1.165, 1.54) is 0 Å². The number of nitriles is 1. The van der Waals surface area contributed by atoms with Crippen LogP contribution < -0.4 is 11.1 Å². The molecule has 0 aliphatic carbocycles. The summed E-state index contributed by atoms with van der Waals surface area (Å²) in [5, 5.41) is 12.7. The number of hydrogen-bond acceptors (Lipinski definition) is 6. The van der Waals surface area contributed by atoms with E-state index in [-0.39, 0.29) is 5.91 Å². The molecule has 0 radical (unpaired) electrons. The number of benzene rings is 2. The lowest BCUT2D eigenvalue weighted by Crippen LogP contribution is -2.32. The van der Waals surface area contributed by atoms with E-state index >= 15 is 0 Å². The highest BCUT2D eigenvalue weighted by molar-refractivity contribution is 5.96. The molecule has 3 heterocycles. The molecule has 0 atom stereocenters. The van der Waals surface area contributed by atoms with Gasteiger partial charge in [-0.25, -0.2) is 9.97 Å². The fraction of sp³-hybridized carbons (Fsp3) is 0.308. The molecular weight excluding hydrogens is 414 g/mol. The molecule has 1 saturated heterocycles.